The van der Waals surface area contributed by atoms with Crippen LogP contribution in [0.2, 0.25) is 0 Å². The molecule has 0 radical (unpaired) electrons. The lowest BCUT2D eigenvalue weighted by Crippen LogP contribution is -2.42. The lowest BCUT2D eigenvalue weighted by molar-refractivity contribution is 0.0845. The van der Waals surface area contributed by atoms with E-state index in [9.17, 15) is 9.59 Å². The van der Waals surface area contributed by atoms with E-state index in [1.807, 2.05) is 66.9 Å². The molecule has 2 aromatic heterocycles. The number of para-hydroxylation sites is 1. The van der Waals surface area contributed by atoms with E-state index in [0.717, 1.165) is 11.3 Å². The molecule has 4 rings (SSSR count). The van der Waals surface area contributed by atoms with E-state index < -0.39 is 11.8 Å². The molecule has 0 aliphatic rings. The highest BCUT2D eigenvalue weighted by Gasteiger charge is 2.20. The van der Waals surface area contributed by atoms with E-state index in [4.69, 9.17) is 0 Å². The molecule has 2 aromatic carbocycles. The first-order valence-electron chi connectivity index (χ1n) is 9.47. The molecule has 2 N–H and O–H groups in total. The maximum Gasteiger partial charge on any atom is 0.273 e. The van der Waals surface area contributed by atoms with Crippen LogP contribution in [0.5, 0.6) is 0 Å². The second kappa shape index (κ2) is 9.27. The number of hydrazine groups is 1. The first-order chi connectivity index (χ1) is 15.2. The minimum absolute atomic E-state index is 0.339. The molecule has 31 heavy (non-hydrogen) atoms. The van der Waals surface area contributed by atoms with Crippen LogP contribution in [-0.4, -0.2) is 32.8 Å². The number of pyridine rings is 1. The summed E-state index contributed by atoms with van der Waals surface area (Å²) >= 11 is 1.36. The normalized spacial score (nSPS) is 10.5. The summed E-state index contributed by atoms with van der Waals surface area (Å²) in [5, 5.41) is 5.19. The van der Waals surface area contributed by atoms with E-state index >= 15 is 0 Å². The Morgan fingerprint density at radius 2 is 1.48 bits per heavy atom. The first kappa shape index (κ1) is 20.4. The van der Waals surface area contributed by atoms with Gasteiger partial charge in [0.2, 0.25) is 0 Å². The molecular weight excluding hydrogens is 410 g/mol. The van der Waals surface area contributed by atoms with Gasteiger partial charge in [-0.2, -0.15) is 5.10 Å². The van der Waals surface area contributed by atoms with Crippen molar-refractivity contribution in [2.24, 2.45) is 0 Å². The van der Waals surface area contributed by atoms with Crippen molar-refractivity contribution < 1.29 is 9.59 Å². The predicted molar refractivity (Wildman–Crippen MR) is 120 cm³/mol. The molecule has 0 spiro atoms. The van der Waals surface area contributed by atoms with Crippen molar-refractivity contribution in [1.29, 1.82) is 0 Å². The second-order valence-corrected chi connectivity index (χ2v) is 7.30. The van der Waals surface area contributed by atoms with Gasteiger partial charge < -0.3 is 0 Å². The Hall–Kier alpha value is -3.91. The Morgan fingerprint density at radius 1 is 0.839 bits per heavy atom. The number of amides is 2. The zero-order valence-corrected chi connectivity index (χ0v) is 17.5. The average Bonchev–Trinajstić information content (AvgIpc) is 3.29. The Kier molecular flexibility index (Phi) is 6.09. The SMILES string of the molecule is CSc1ncccc1C(=O)NNC(=O)c1cn(-c2ccccc2)nc1-c1ccccc1. The van der Waals surface area contributed by atoms with Gasteiger partial charge in [-0.1, -0.05) is 48.5 Å². The number of hydrogen-bond donors (Lipinski definition) is 2. The average molecular weight is 430 g/mol. The standard InChI is InChI=1S/C23H19N5O2S/c1-31-23-18(13-8-14-24-23)21(29)25-26-22(30)19-15-28(17-11-6-3-7-12-17)27-20(19)16-9-4-2-5-10-16/h2-15H,1H3,(H,25,29)(H,26,30). The molecule has 2 heterocycles. The number of rotatable bonds is 5. The van der Waals surface area contributed by atoms with Crippen LogP contribution in [0.1, 0.15) is 20.7 Å². The smallest absolute Gasteiger partial charge is 0.267 e. The maximum atomic E-state index is 13.0. The molecule has 0 aliphatic heterocycles. The number of carbonyl (C=O) groups excluding carboxylic acids is 2. The molecule has 0 atom stereocenters. The lowest BCUT2D eigenvalue weighted by Gasteiger charge is -2.09. The van der Waals surface area contributed by atoms with Crippen molar-refractivity contribution in [2.75, 3.05) is 6.26 Å². The Bertz CT molecular complexity index is 1210. The summed E-state index contributed by atoms with van der Waals surface area (Å²) in [6, 6.07) is 22.3. The van der Waals surface area contributed by atoms with Gasteiger partial charge in [0.1, 0.15) is 10.7 Å². The zero-order chi connectivity index (χ0) is 21.6. The van der Waals surface area contributed by atoms with Crippen molar-refractivity contribution in [3.8, 4) is 16.9 Å². The summed E-state index contributed by atoms with van der Waals surface area (Å²) in [4.78, 5) is 29.7. The highest BCUT2D eigenvalue weighted by molar-refractivity contribution is 7.98. The van der Waals surface area contributed by atoms with Gasteiger partial charge in [0.15, 0.2) is 0 Å². The summed E-state index contributed by atoms with van der Waals surface area (Å²) in [6.45, 7) is 0. The van der Waals surface area contributed by atoms with Gasteiger partial charge in [-0.25, -0.2) is 9.67 Å². The predicted octanol–water partition coefficient (Wildman–Crippen LogP) is 3.73. The third kappa shape index (κ3) is 4.49. The van der Waals surface area contributed by atoms with Crippen LogP contribution >= 0.6 is 11.8 Å². The molecule has 0 unspecified atom stereocenters. The first-order valence-corrected chi connectivity index (χ1v) is 10.7. The molecule has 2 amide bonds. The van der Waals surface area contributed by atoms with Crippen molar-refractivity contribution in [3.63, 3.8) is 0 Å². The molecule has 0 aliphatic carbocycles. The monoisotopic (exact) mass is 429 g/mol. The van der Waals surface area contributed by atoms with E-state index in [0.29, 0.717) is 21.8 Å². The van der Waals surface area contributed by atoms with E-state index in [-0.39, 0.29) is 0 Å². The summed E-state index contributed by atoms with van der Waals surface area (Å²) in [6.07, 6.45) is 5.10. The topological polar surface area (TPSA) is 88.9 Å². The van der Waals surface area contributed by atoms with Gasteiger partial charge in [0.25, 0.3) is 11.8 Å². The third-order valence-corrected chi connectivity index (χ3v) is 5.24. The molecule has 0 saturated carbocycles. The molecule has 0 bridgehead atoms. The number of thioether (sulfide) groups is 1. The minimum atomic E-state index is -0.469. The van der Waals surface area contributed by atoms with Crippen molar-refractivity contribution >= 4 is 23.6 Å². The zero-order valence-electron chi connectivity index (χ0n) is 16.6. The molecule has 0 saturated heterocycles. The highest BCUT2D eigenvalue weighted by atomic mass is 32.2. The van der Waals surface area contributed by atoms with Crippen molar-refractivity contribution in [1.82, 2.24) is 25.6 Å². The minimum Gasteiger partial charge on any atom is -0.267 e. The third-order valence-electron chi connectivity index (χ3n) is 4.53. The number of hydrogen-bond acceptors (Lipinski definition) is 5. The summed E-state index contributed by atoms with van der Waals surface area (Å²) in [5.74, 6) is -0.911. The summed E-state index contributed by atoms with van der Waals surface area (Å²) in [7, 11) is 0. The van der Waals surface area contributed by atoms with E-state index in [2.05, 4.69) is 20.9 Å². The Morgan fingerprint density at radius 3 is 2.16 bits per heavy atom. The van der Waals surface area contributed by atoms with E-state index in [1.165, 1.54) is 11.8 Å². The van der Waals surface area contributed by atoms with Gasteiger partial charge in [0.05, 0.1) is 16.8 Å². The number of nitrogens with one attached hydrogen (secondary N) is 2. The Labute approximate surface area is 183 Å². The largest absolute Gasteiger partial charge is 0.273 e. The van der Waals surface area contributed by atoms with Crippen molar-refractivity contribution in [2.45, 2.75) is 5.03 Å². The number of benzene rings is 2. The molecular formula is C23H19N5O2S. The quantitative estimate of drug-likeness (QED) is 0.373. The lowest BCUT2D eigenvalue weighted by atomic mass is 10.1. The van der Waals surface area contributed by atoms with Gasteiger partial charge in [0, 0.05) is 18.0 Å². The van der Waals surface area contributed by atoms with Gasteiger partial charge >= 0.3 is 0 Å². The maximum absolute atomic E-state index is 13.0. The molecule has 154 valence electrons. The number of carbonyl (C=O) groups is 2. The van der Waals surface area contributed by atoms with Crippen LogP contribution in [0.25, 0.3) is 16.9 Å². The van der Waals surface area contributed by atoms with Crippen LogP contribution in [0.15, 0.2) is 90.2 Å². The number of nitrogens with zero attached hydrogens (tertiary/aromatic N) is 3. The number of aromatic nitrogens is 3. The van der Waals surface area contributed by atoms with Crippen LogP contribution in [-0.2, 0) is 0 Å². The fourth-order valence-electron chi connectivity index (χ4n) is 3.04. The van der Waals surface area contributed by atoms with Crippen LogP contribution in [0.4, 0.5) is 0 Å². The van der Waals surface area contributed by atoms with Gasteiger partial charge in [-0.3, -0.25) is 20.4 Å². The highest BCUT2D eigenvalue weighted by Crippen LogP contribution is 2.23. The molecule has 7 nitrogen and oxygen atoms in total. The van der Waals surface area contributed by atoms with Crippen LogP contribution < -0.4 is 10.9 Å². The van der Waals surface area contributed by atoms with Crippen LogP contribution in [0.3, 0.4) is 0 Å². The van der Waals surface area contributed by atoms with Gasteiger partial charge in [-0.15, -0.1) is 11.8 Å². The fraction of sp³-hybridized carbons (Fsp3) is 0.0435. The second-order valence-electron chi connectivity index (χ2n) is 6.51. The van der Waals surface area contributed by atoms with E-state index in [1.54, 1.807) is 29.2 Å². The fourth-order valence-corrected chi connectivity index (χ4v) is 3.58. The molecule has 0 fully saturated rings. The summed E-state index contributed by atoms with van der Waals surface area (Å²) in [5.41, 5.74) is 7.83. The Balaban J connectivity index is 1.61. The van der Waals surface area contributed by atoms with Crippen molar-refractivity contribution in [3.05, 3.63) is 96.3 Å². The molecule has 8 heteroatoms. The van der Waals surface area contributed by atoms with Gasteiger partial charge in [-0.05, 0) is 30.5 Å². The molecule has 4 aromatic rings. The van der Waals surface area contributed by atoms with Crippen LogP contribution in [0, 0.1) is 0 Å². The summed E-state index contributed by atoms with van der Waals surface area (Å²) < 4.78 is 1.64.